The molecular weight excluding hydrogens is 542 g/mol. The zero-order valence-electron chi connectivity index (χ0n) is 26.2. The molecule has 45 heavy (non-hydrogen) atoms. The molecule has 0 radical (unpaired) electrons. The van der Waals surface area contributed by atoms with Gasteiger partial charge in [0.15, 0.2) is 0 Å². The molecule has 0 saturated carbocycles. The van der Waals surface area contributed by atoms with Gasteiger partial charge < -0.3 is 4.57 Å². The minimum atomic E-state index is -0.0376. The van der Waals surface area contributed by atoms with Gasteiger partial charge in [0.1, 0.15) is 0 Å². The van der Waals surface area contributed by atoms with E-state index in [1.807, 2.05) is 0 Å². The van der Waals surface area contributed by atoms with E-state index >= 15 is 0 Å². The second kappa shape index (κ2) is 9.19. The van der Waals surface area contributed by atoms with Gasteiger partial charge in [0.25, 0.3) is 0 Å². The third-order valence-electron chi connectivity index (χ3n) is 11.2. The molecule has 0 fully saturated rings. The Labute approximate surface area is 264 Å². The van der Waals surface area contributed by atoms with Gasteiger partial charge in [0.2, 0.25) is 0 Å². The smallest absolute Gasteiger partial charge is 0.0541 e. The quantitative estimate of drug-likeness (QED) is 0.180. The van der Waals surface area contributed by atoms with Crippen molar-refractivity contribution in [2.45, 2.75) is 38.5 Å². The number of hydrogen-bond donors (Lipinski definition) is 0. The van der Waals surface area contributed by atoms with Crippen LogP contribution in [0.15, 0.2) is 140 Å². The van der Waals surface area contributed by atoms with E-state index in [0.717, 1.165) is 0 Å². The summed E-state index contributed by atoms with van der Waals surface area (Å²) in [5.41, 5.74) is 11.8. The Morgan fingerprint density at radius 3 is 1.67 bits per heavy atom. The fraction of sp³-hybridized carbons (Fsp3) is 0.136. The molecule has 1 nitrogen and oxygen atoms in total. The average molecular weight is 578 g/mol. The van der Waals surface area contributed by atoms with Crippen molar-refractivity contribution in [3.8, 4) is 27.9 Å². The van der Waals surface area contributed by atoms with Crippen LogP contribution in [-0.2, 0) is 10.8 Å². The first-order valence-corrected chi connectivity index (χ1v) is 16.0. The third kappa shape index (κ3) is 3.50. The van der Waals surface area contributed by atoms with Gasteiger partial charge in [-0.2, -0.15) is 0 Å². The van der Waals surface area contributed by atoms with Crippen molar-refractivity contribution in [3.63, 3.8) is 0 Å². The molecule has 1 aliphatic carbocycles. The van der Waals surface area contributed by atoms with Gasteiger partial charge >= 0.3 is 0 Å². The lowest BCUT2D eigenvalue weighted by Crippen LogP contribution is -2.43. The second-order valence-electron chi connectivity index (χ2n) is 13.8. The first-order valence-electron chi connectivity index (χ1n) is 16.0. The number of hydrogen-bond acceptors (Lipinski definition) is 0. The lowest BCUT2D eigenvalue weighted by atomic mass is 9.54. The van der Waals surface area contributed by atoms with Crippen LogP contribution in [0.5, 0.6) is 0 Å². The normalized spacial score (nSPS) is 15.0. The summed E-state index contributed by atoms with van der Waals surface area (Å²) in [4.78, 5) is 0. The van der Waals surface area contributed by atoms with E-state index in [4.69, 9.17) is 0 Å². The maximum Gasteiger partial charge on any atom is 0.0541 e. The molecule has 0 atom stereocenters. The fourth-order valence-electron chi connectivity index (χ4n) is 8.23. The summed E-state index contributed by atoms with van der Waals surface area (Å²) < 4.78 is 2.38. The Morgan fingerprint density at radius 2 is 0.933 bits per heavy atom. The number of nitrogens with zero attached hydrogens (tertiary/aromatic N) is 1. The van der Waals surface area contributed by atoms with Crippen molar-refractivity contribution in [3.05, 3.63) is 151 Å². The maximum atomic E-state index is 2.43. The van der Waals surface area contributed by atoms with E-state index in [1.165, 1.54) is 82.4 Å². The van der Waals surface area contributed by atoms with Crippen molar-refractivity contribution in [1.29, 1.82) is 0 Å². The number of benzene rings is 7. The molecule has 1 heteroatoms. The van der Waals surface area contributed by atoms with Gasteiger partial charge in [-0.15, -0.1) is 0 Å². The van der Waals surface area contributed by atoms with Gasteiger partial charge in [0.05, 0.1) is 11.0 Å². The van der Waals surface area contributed by atoms with Crippen molar-refractivity contribution in [1.82, 2.24) is 4.57 Å². The van der Waals surface area contributed by atoms with Crippen LogP contribution in [0.25, 0.3) is 71.3 Å². The van der Waals surface area contributed by atoms with E-state index in [-0.39, 0.29) is 10.8 Å². The van der Waals surface area contributed by atoms with Crippen molar-refractivity contribution < 1.29 is 0 Å². The second-order valence-corrected chi connectivity index (χ2v) is 13.8. The van der Waals surface area contributed by atoms with Gasteiger partial charge in [-0.25, -0.2) is 0 Å². The summed E-state index contributed by atoms with van der Waals surface area (Å²) in [6, 6.07) is 51.8. The van der Waals surface area contributed by atoms with E-state index in [0.29, 0.717) is 0 Å². The molecule has 216 valence electrons. The number of fused-ring (bicyclic) bond motifs is 10. The van der Waals surface area contributed by atoms with Gasteiger partial charge in [-0.3, -0.25) is 0 Å². The van der Waals surface area contributed by atoms with Crippen LogP contribution < -0.4 is 0 Å². The van der Waals surface area contributed by atoms with Gasteiger partial charge in [-0.05, 0) is 84.6 Å². The van der Waals surface area contributed by atoms with Crippen LogP contribution >= 0.6 is 0 Å². The zero-order valence-corrected chi connectivity index (χ0v) is 26.2. The van der Waals surface area contributed by atoms with E-state index in [2.05, 4.69) is 172 Å². The molecule has 1 heterocycles. The molecule has 7 aromatic carbocycles. The molecule has 1 aromatic heterocycles. The highest BCUT2D eigenvalue weighted by Crippen LogP contribution is 2.56. The minimum absolute atomic E-state index is 0.000201. The van der Waals surface area contributed by atoms with E-state index < -0.39 is 0 Å². The molecule has 0 spiro atoms. The molecule has 9 rings (SSSR count). The summed E-state index contributed by atoms with van der Waals surface area (Å²) in [7, 11) is 0. The lowest BCUT2D eigenvalue weighted by molar-refractivity contribution is 0.301. The lowest BCUT2D eigenvalue weighted by Gasteiger charge is -2.49. The van der Waals surface area contributed by atoms with Crippen LogP contribution in [0.3, 0.4) is 0 Å². The summed E-state index contributed by atoms with van der Waals surface area (Å²) in [6.07, 6.45) is 0. The molecular formula is C44H35N. The molecule has 0 N–H and O–H groups in total. The van der Waals surface area contributed by atoms with Crippen molar-refractivity contribution in [2.75, 3.05) is 0 Å². The van der Waals surface area contributed by atoms with Gasteiger partial charge in [0, 0.05) is 21.9 Å². The zero-order chi connectivity index (χ0) is 30.5. The van der Waals surface area contributed by atoms with Crippen LogP contribution in [0.2, 0.25) is 0 Å². The molecule has 0 saturated heterocycles. The molecule has 0 bridgehead atoms. The molecule has 1 aliphatic rings. The monoisotopic (exact) mass is 577 g/mol. The number of aromatic nitrogens is 1. The Kier molecular flexibility index (Phi) is 5.37. The van der Waals surface area contributed by atoms with Crippen LogP contribution in [0.4, 0.5) is 0 Å². The number of para-hydroxylation sites is 2. The summed E-state index contributed by atoms with van der Waals surface area (Å²) in [6.45, 7) is 9.69. The molecule has 0 aliphatic heterocycles. The first-order chi connectivity index (χ1) is 21.9. The maximum absolute atomic E-state index is 2.43. The van der Waals surface area contributed by atoms with Crippen LogP contribution in [0, 0.1) is 0 Å². The van der Waals surface area contributed by atoms with Crippen molar-refractivity contribution >= 4 is 43.4 Å². The predicted molar refractivity (Wildman–Crippen MR) is 193 cm³/mol. The average Bonchev–Trinajstić information content (AvgIpc) is 3.41. The summed E-state index contributed by atoms with van der Waals surface area (Å²) in [5, 5.41) is 7.88. The Balaban J connectivity index is 1.21. The molecule has 0 amide bonds. The fourth-order valence-corrected chi connectivity index (χ4v) is 8.23. The van der Waals surface area contributed by atoms with Crippen LogP contribution in [0.1, 0.15) is 38.8 Å². The van der Waals surface area contributed by atoms with Gasteiger partial charge in [-0.1, -0.05) is 143 Å². The molecule has 8 aromatic rings. The first kappa shape index (κ1) is 26.3. The van der Waals surface area contributed by atoms with Crippen LogP contribution in [-0.4, -0.2) is 4.57 Å². The highest BCUT2D eigenvalue weighted by Gasteiger charge is 2.46. The van der Waals surface area contributed by atoms with Crippen molar-refractivity contribution in [2.24, 2.45) is 0 Å². The largest absolute Gasteiger partial charge is 0.309 e. The highest BCUT2D eigenvalue weighted by molar-refractivity contribution is 6.14. The summed E-state index contributed by atoms with van der Waals surface area (Å²) in [5.74, 6) is 0. The Hall–Kier alpha value is -5.14. The third-order valence-corrected chi connectivity index (χ3v) is 11.2. The standard InChI is InChI=1S/C44H35N/c1-43(2)39-17-8-5-12-34(39)38-27-25-33-31-16-11-15-30(32(31)24-26-37(33)42(38)44(43,3)4)28-20-22-29(23-21-28)45-40-18-9-6-13-35(40)36-14-7-10-19-41(36)45/h5-27H,1-4H3. The summed E-state index contributed by atoms with van der Waals surface area (Å²) >= 11 is 0. The Morgan fingerprint density at radius 1 is 0.378 bits per heavy atom. The predicted octanol–water partition coefficient (Wildman–Crippen LogP) is 12.0. The minimum Gasteiger partial charge on any atom is -0.309 e. The number of rotatable bonds is 2. The van der Waals surface area contributed by atoms with E-state index in [9.17, 15) is 0 Å². The SMILES string of the molecule is CC1(C)c2ccccc2-c2ccc3c(ccc4c(-c5ccc(-n6c7ccccc7c7ccccc76)cc5)cccc43)c2C1(C)C. The Bertz CT molecular complexity index is 2420. The molecule has 0 unspecified atom stereocenters. The van der Waals surface area contributed by atoms with E-state index in [1.54, 1.807) is 0 Å². The topological polar surface area (TPSA) is 4.93 Å². The highest BCUT2D eigenvalue weighted by atomic mass is 15.0.